The molecule has 0 heterocycles. The molecule has 5 N–H and O–H groups in total. The number of unbranched alkanes of at least 4 members (excludes halogenated alkanes) is 1. The largest absolute Gasteiger partial charge is 0.508 e. The molecule has 25 heavy (non-hydrogen) atoms. The number of ether oxygens (including phenoxy) is 1. The number of hydrogen-bond donors (Lipinski definition) is 5. The van der Waals surface area contributed by atoms with Crippen LogP contribution in [-0.2, 0) is 11.2 Å². The second-order valence-corrected chi connectivity index (χ2v) is 6.54. The van der Waals surface area contributed by atoms with Crippen molar-refractivity contribution in [1.82, 2.24) is 0 Å². The Hall–Kier alpha value is -1.67. The van der Waals surface area contributed by atoms with Crippen molar-refractivity contribution in [2.45, 2.75) is 57.0 Å². The van der Waals surface area contributed by atoms with Crippen LogP contribution in [0.3, 0.4) is 0 Å². The number of carbonyl (C=O) groups excluding carboxylic acids is 1. The lowest BCUT2D eigenvalue weighted by molar-refractivity contribution is -0.164. The van der Waals surface area contributed by atoms with Gasteiger partial charge in [-0.15, -0.1) is 0 Å². The first-order valence-electron chi connectivity index (χ1n) is 8.57. The molecule has 0 spiro atoms. The molecular formula is C18H26O7. The average molecular weight is 354 g/mol. The van der Waals surface area contributed by atoms with Gasteiger partial charge in [0.15, 0.2) is 0 Å². The van der Waals surface area contributed by atoms with Crippen LogP contribution in [0.2, 0.25) is 0 Å². The van der Waals surface area contributed by atoms with Gasteiger partial charge >= 0.3 is 5.97 Å². The maximum atomic E-state index is 12.4. The van der Waals surface area contributed by atoms with E-state index in [4.69, 9.17) is 4.74 Å². The molecule has 1 fully saturated rings. The van der Waals surface area contributed by atoms with Crippen LogP contribution in [0.1, 0.15) is 42.1 Å². The van der Waals surface area contributed by atoms with E-state index in [0.717, 1.165) is 12.8 Å². The Kier molecular flexibility index (Phi) is 6.78. The van der Waals surface area contributed by atoms with Crippen molar-refractivity contribution < 1.29 is 35.1 Å². The van der Waals surface area contributed by atoms with Gasteiger partial charge in [-0.2, -0.15) is 0 Å². The number of rotatable bonds is 6. The molecule has 0 bridgehead atoms. The summed E-state index contributed by atoms with van der Waals surface area (Å²) >= 11 is 0. The molecule has 1 aliphatic rings. The van der Waals surface area contributed by atoms with Crippen LogP contribution in [0, 0.1) is 5.92 Å². The molecule has 7 nitrogen and oxygen atoms in total. The van der Waals surface area contributed by atoms with E-state index in [-0.39, 0.29) is 24.3 Å². The van der Waals surface area contributed by atoms with Crippen LogP contribution >= 0.6 is 0 Å². The lowest BCUT2D eigenvalue weighted by Gasteiger charge is -2.39. The van der Waals surface area contributed by atoms with E-state index in [2.05, 4.69) is 0 Å². The Morgan fingerprint density at radius 3 is 2.56 bits per heavy atom. The van der Waals surface area contributed by atoms with Gasteiger partial charge in [0.1, 0.15) is 24.1 Å². The van der Waals surface area contributed by atoms with E-state index in [1.165, 1.54) is 12.1 Å². The number of phenolic OH excluding ortho intramolecular Hbond substituents is 1. The molecule has 1 aromatic carbocycles. The van der Waals surface area contributed by atoms with Crippen LogP contribution in [0.5, 0.6) is 5.75 Å². The Bertz CT molecular complexity index is 587. The van der Waals surface area contributed by atoms with E-state index in [9.17, 15) is 30.3 Å². The van der Waals surface area contributed by atoms with Gasteiger partial charge in [0.2, 0.25) is 0 Å². The fourth-order valence-corrected chi connectivity index (χ4v) is 3.06. The minimum Gasteiger partial charge on any atom is -0.508 e. The molecule has 0 aromatic heterocycles. The summed E-state index contributed by atoms with van der Waals surface area (Å²) < 4.78 is 5.29. The fraction of sp³-hybridized carbons (Fsp3) is 0.611. The Morgan fingerprint density at radius 1 is 1.20 bits per heavy atom. The molecule has 1 aliphatic carbocycles. The van der Waals surface area contributed by atoms with Gasteiger partial charge in [-0.05, 0) is 43.0 Å². The fourth-order valence-electron chi connectivity index (χ4n) is 3.06. The molecule has 1 aromatic rings. The smallest absolute Gasteiger partial charge is 0.338 e. The minimum absolute atomic E-state index is 0.0441. The van der Waals surface area contributed by atoms with Crippen molar-refractivity contribution in [2.24, 2.45) is 5.92 Å². The van der Waals surface area contributed by atoms with E-state index >= 15 is 0 Å². The van der Waals surface area contributed by atoms with Crippen molar-refractivity contribution in [1.29, 1.82) is 0 Å². The summed E-state index contributed by atoms with van der Waals surface area (Å²) in [6.45, 7) is 1.64. The summed E-state index contributed by atoms with van der Waals surface area (Å²) in [6, 6.07) is 4.41. The SMILES string of the molecule is CCCCc1cc(C(=O)OC2C[C@H](CO)[C@@H](O)[C@H](O)[C@H]2O)ccc1O. The summed E-state index contributed by atoms with van der Waals surface area (Å²) in [5, 5.41) is 48.8. The van der Waals surface area contributed by atoms with Crippen LogP contribution in [-0.4, -0.2) is 62.5 Å². The van der Waals surface area contributed by atoms with E-state index in [1.54, 1.807) is 6.07 Å². The zero-order valence-electron chi connectivity index (χ0n) is 14.2. The first-order valence-corrected chi connectivity index (χ1v) is 8.57. The zero-order valence-corrected chi connectivity index (χ0v) is 14.2. The van der Waals surface area contributed by atoms with Crippen molar-refractivity contribution in [3.05, 3.63) is 29.3 Å². The lowest BCUT2D eigenvalue weighted by Crippen LogP contribution is -2.55. The lowest BCUT2D eigenvalue weighted by atomic mass is 9.81. The molecule has 5 atom stereocenters. The molecule has 0 aliphatic heterocycles. The van der Waals surface area contributed by atoms with Gasteiger partial charge in [0.05, 0.1) is 11.7 Å². The summed E-state index contributed by atoms with van der Waals surface area (Å²) in [6.07, 6.45) is -2.74. The second-order valence-electron chi connectivity index (χ2n) is 6.54. The number of aliphatic hydroxyl groups is 4. The van der Waals surface area contributed by atoms with Crippen molar-refractivity contribution in [3.63, 3.8) is 0 Å². The number of aromatic hydroxyl groups is 1. The molecule has 0 radical (unpaired) electrons. The number of aryl methyl sites for hydroxylation is 1. The van der Waals surface area contributed by atoms with Gasteiger partial charge in [-0.1, -0.05) is 13.3 Å². The third-order valence-corrected chi connectivity index (χ3v) is 4.71. The highest BCUT2D eigenvalue weighted by Gasteiger charge is 2.44. The quantitative estimate of drug-likeness (QED) is 0.467. The van der Waals surface area contributed by atoms with E-state index in [1.807, 2.05) is 6.92 Å². The van der Waals surface area contributed by atoms with Crippen LogP contribution in [0.25, 0.3) is 0 Å². The normalized spacial score (nSPS) is 29.4. The third-order valence-electron chi connectivity index (χ3n) is 4.71. The van der Waals surface area contributed by atoms with Crippen molar-refractivity contribution >= 4 is 5.97 Å². The third kappa shape index (κ3) is 4.49. The highest BCUT2D eigenvalue weighted by molar-refractivity contribution is 5.90. The van der Waals surface area contributed by atoms with Gasteiger partial charge in [0, 0.05) is 12.5 Å². The predicted octanol–water partition coefficient (Wildman–Crippen LogP) is 0.355. The van der Waals surface area contributed by atoms with E-state index < -0.39 is 36.3 Å². The summed E-state index contributed by atoms with van der Waals surface area (Å²) in [7, 11) is 0. The monoisotopic (exact) mass is 354 g/mol. The maximum Gasteiger partial charge on any atom is 0.338 e. The van der Waals surface area contributed by atoms with E-state index in [0.29, 0.717) is 12.0 Å². The second kappa shape index (κ2) is 8.62. The zero-order chi connectivity index (χ0) is 18.6. The van der Waals surface area contributed by atoms with Gasteiger partial charge in [-0.25, -0.2) is 4.79 Å². The number of aliphatic hydroxyl groups excluding tert-OH is 4. The highest BCUT2D eigenvalue weighted by Crippen LogP contribution is 2.29. The molecule has 1 saturated carbocycles. The standard InChI is InChI=1S/C18H26O7/c1-2-3-4-10-7-11(5-6-13(10)20)18(24)25-14-8-12(9-19)15(21)17(23)16(14)22/h5-7,12,14-17,19-23H,2-4,8-9H2,1H3/t12-,14?,15-,16+,17+/m1/s1. The molecule has 7 heteroatoms. The van der Waals surface area contributed by atoms with Crippen LogP contribution in [0.4, 0.5) is 0 Å². The van der Waals surface area contributed by atoms with Crippen LogP contribution in [0.15, 0.2) is 18.2 Å². The highest BCUT2D eigenvalue weighted by atomic mass is 16.6. The molecule has 2 rings (SSSR count). The summed E-state index contributed by atoms with van der Waals surface area (Å²) in [5.74, 6) is -1.26. The maximum absolute atomic E-state index is 12.4. The molecule has 0 saturated heterocycles. The minimum atomic E-state index is -1.50. The summed E-state index contributed by atoms with van der Waals surface area (Å²) in [4.78, 5) is 12.4. The Morgan fingerprint density at radius 2 is 1.92 bits per heavy atom. The number of esters is 1. The first kappa shape index (κ1) is 19.7. The number of hydrogen-bond acceptors (Lipinski definition) is 7. The van der Waals surface area contributed by atoms with Gasteiger partial charge < -0.3 is 30.3 Å². The number of phenols is 1. The van der Waals surface area contributed by atoms with Crippen LogP contribution < -0.4 is 0 Å². The summed E-state index contributed by atoms with van der Waals surface area (Å²) in [5.41, 5.74) is 0.876. The molecule has 1 unspecified atom stereocenters. The number of benzene rings is 1. The molecule has 140 valence electrons. The molecule has 0 amide bonds. The predicted molar refractivity (Wildman–Crippen MR) is 89.1 cm³/mol. The number of carbonyl (C=O) groups is 1. The topological polar surface area (TPSA) is 127 Å². The van der Waals surface area contributed by atoms with Crippen molar-refractivity contribution in [2.75, 3.05) is 6.61 Å². The first-order chi connectivity index (χ1) is 11.9. The van der Waals surface area contributed by atoms with Gasteiger partial charge in [-0.3, -0.25) is 0 Å². The average Bonchev–Trinajstić information content (AvgIpc) is 2.61. The van der Waals surface area contributed by atoms with Crippen molar-refractivity contribution in [3.8, 4) is 5.75 Å². The van der Waals surface area contributed by atoms with Gasteiger partial charge in [0.25, 0.3) is 0 Å². The Labute approximate surface area is 146 Å². The Balaban J connectivity index is 2.10. The molecular weight excluding hydrogens is 328 g/mol.